The van der Waals surface area contributed by atoms with E-state index in [-0.39, 0.29) is 6.42 Å². The molecule has 3 atom stereocenters. The van der Waals surface area contributed by atoms with Crippen LogP contribution in [-0.2, 0) is 16.0 Å². The van der Waals surface area contributed by atoms with Crippen LogP contribution in [0.5, 0.6) is 0 Å². The third kappa shape index (κ3) is 2.39. The van der Waals surface area contributed by atoms with Gasteiger partial charge >= 0.3 is 11.9 Å². The van der Waals surface area contributed by atoms with Crippen LogP contribution in [0, 0.1) is 11.8 Å². The van der Waals surface area contributed by atoms with Gasteiger partial charge in [-0.15, -0.1) is 11.3 Å². The highest BCUT2D eigenvalue weighted by Crippen LogP contribution is 2.47. The van der Waals surface area contributed by atoms with Crippen molar-refractivity contribution < 1.29 is 19.8 Å². The van der Waals surface area contributed by atoms with Crippen LogP contribution in [0.4, 0.5) is 0 Å². The van der Waals surface area contributed by atoms with Crippen LogP contribution in [0.15, 0.2) is 17.5 Å². The van der Waals surface area contributed by atoms with Gasteiger partial charge < -0.3 is 15.9 Å². The summed E-state index contributed by atoms with van der Waals surface area (Å²) in [5, 5.41) is 20.1. The summed E-state index contributed by atoms with van der Waals surface area (Å²) in [6.45, 7) is 0. The van der Waals surface area contributed by atoms with Crippen LogP contribution < -0.4 is 5.73 Å². The summed E-state index contributed by atoms with van der Waals surface area (Å²) in [6.07, 6.45) is 1.21. The van der Waals surface area contributed by atoms with E-state index in [1.165, 1.54) is 0 Å². The second kappa shape index (κ2) is 4.70. The Labute approximate surface area is 108 Å². The van der Waals surface area contributed by atoms with Gasteiger partial charge in [0, 0.05) is 10.8 Å². The van der Waals surface area contributed by atoms with Crippen molar-refractivity contribution in [1.29, 1.82) is 0 Å². The Bertz CT molecular complexity index is 459. The maximum absolute atomic E-state index is 11.3. The zero-order valence-corrected chi connectivity index (χ0v) is 10.5. The molecule has 0 aliphatic heterocycles. The molecule has 0 saturated heterocycles. The summed E-state index contributed by atoms with van der Waals surface area (Å²) in [6, 6.07) is 3.82. The standard InChI is InChI=1S/C12H15NO4S/c13-12(11(16)17,9-6-8(9)10(14)15)4-3-7-2-1-5-18-7/h1-2,5,8-9H,3-4,6,13H2,(H,14,15)(H,16,17). The Morgan fingerprint density at radius 1 is 1.50 bits per heavy atom. The molecule has 1 fully saturated rings. The largest absolute Gasteiger partial charge is 0.481 e. The molecule has 0 spiro atoms. The summed E-state index contributed by atoms with van der Waals surface area (Å²) in [5.41, 5.74) is 4.51. The summed E-state index contributed by atoms with van der Waals surface area (Å²) in [4.78, 5) is 23.2. The summed E-state index contributed by atoms with van der Waals surface area (Å²) >= 11 is 1.55. The minimum absolute atomic E-state index is 0.275. The lowest BCUT2D eigenvalue weighted by atomic mass is 9.87. The third-order valence-corrected chi connectivity index (χ3v) is 4.47. The molecule has 3 unspecified atom stereocenters. The molecule has 0 bridgehead atoms. The predicted octanol–water partition coefficient (Wildman–Crippen LogP) is 1.18. The number of hydrogen-bond acceptors (Lipinski definition) is 4. The van der Waals surface area contributed by atoms with Crippen LogP contribution in [0.3, 0.4) is 0 Å². The van der Waals surface area contributed by atoms with E-state index in [0.717, 1.165) is 4.88 Å². The molecular formula is C12H15NO4S. The number of aryl methyl sites for hydroxylation is 1. The maximum Gasteiger partial charge on any atom is 0.324 e. The van der Waals surface area contributed by atoms with Gasteiger partial charge in [0.1, 0.15) is 5.54 Å². The highest BCUT2D eigenvalue weighted by molar-refractivity contribution is 7.09. The lowest BCUT2D eigenvalue weighted by molar-refractivity contribution is -0.145. The van der Waals surface area contributed by atoms with Gasteiger partial charge in [-0.05, 0) is 30.7 Å². The fourth-order valence-corrected chi connectivity index (χ4v) is 2.98. The van der Waals surface area contributed by atoms with E-state index >= 15 is 0 Å². The molecule has 2 rings (SSSR count). The number of rotatable bonds is 6. The fourth-order valence-electron chi connectivity index (χ4n) is 2.27. The van der Waals surface area contributed by atoms with Crippen molar-refractivity contribution in [1.82, 2.24) is 0 Å². The first-order valence-corrected chi connectivity index (χ1v) is 6.60. The van der Waals surface area contributed by atoms with Crippen molar-refractivity contribution in [2.75, 3.05) is 0 Å². The third-order valence-electron chi connectivity index (χ3n) is 3.53. The van der Waals surface area contributed by atoms with E-state index in [4.69, 9.17) is 10.8 Å². The summed E-state index contributed by atoms with van der Waals surface area (Å²) in [5.74, 6) is -3.11. The molecule has 0 radical (unpaired) electrons. The number of nitrogens with two attached hydrogens (primary N) is 1. The minimum atomic E-state index is -1.42. The number of carbonyl (C=O) groups is 2. The molecule has 5 nitrogen and oxygen atoms in total. The zero-order valence-electron chi connectivity index (χ0n) is 9.70. The molecule has 6 heteroatoms. The second-order valence-corrected chi connectivity index (χ2v) is 5.74. The van der Waals surface area contributed by atoms with Crippen molar-refractivity contribution in [3.05, 3.63) is 22.4 Å². The highest BCUT2D eigenvalue weighted by atomic mass is 32.1. The van der Waals surface area contributed by atoms with Gasteiger partial charge in [-0.25, -0.2) is 0 Å². The van der Waals surface area contributed by atoms with Crippen molar-refractivity contribution in [3.8, 4) is 0 Å². The smallest absolute Gasteiger partial charge is 0.324 e. The molecular weight excluding hydrogens is 254 g/mol. The van der Waals surface area contributed by atoms with E-state index in [9.17, 15) is 14.7 Å². The van der Waals surface area contributed by atoms with E-state index in [2.05, 4.69) is 0 Å². The zero-order chi connectivity index (χ0) is 13.3. The first kappa shape index (κ1) is 13.0. The number of carboxylic acids is 2. The quantitative estimate of drug-likeness (QED) is 0.720. The van der Waals surface area contributed by atoms with Gasteiger partial charge in [0.25, 0.3) is 0 Å². The lowest BCUT2D eigenvalue weighted by Gasteiger charge is -2.24. The minimum Gasteiger partial charge on any atom is -0.481 e. The van der Waals surface area contributed by atoms with Crippen molar-refractivity contribution in [2.45, 2.75) is 24.8 Å². The van der Waals surface area contributed by atoms with Crippen LogP contribution >= 0.6 is 11.3 Å². The lowest BCUT2D eigenvalue weighted by Crippen LogP contribution is -2.51. The Kier molecular flexibility index (Phi) is 3.41. The van der Waals surface area contributed by atoms with E-state index < -0.39 is 29.3 Å². The van der Waals surface area contributed by atoms with Crippen LogP contribution in [-0.4, -0.2) is 27.7 Å². The first-order valence-electron chi connectivity index (χ1n) is 5.72. The normalized spacial score (nSPS) is 25.4. The van der Waals surface area contributed by atoms with Crippen molar-refractivity contribution in [2.24, 2.45) is 17.6 Å². The van der Waals surface area contributed by atoms with Crippen LogP contribution in [0.2, 0.25) is 0 Å². The molecule has 1 aromatic heterocycles. The molecule has 0 amide bonds. The van der Waals surface area contributed by atoms with Crippen molar-refractivity contribution in [3.63, 3.8) is 0 Å². The van der Waals surface area contributed by atoms with Crippen LogP contribution in [0.25, 0.3) is 0 Å². The Morgan fingerprint density at radius 2 is 2.22 bits per heavy atom. The fraction of sp³-hybridized carbons (Fsp3) is 0.500. The SMILES string of the molecule is NC(CCc1cccs1)(C(=O)O)C1CC1C(=O)O. The number of thiophene rings is 1. The summed E-state index contributed by atoms with van der Waals surface area (Å²) < 4.78 is 0. The monoisotopic (exact) mass is 269 g/mol. The molecule has 1 aromatic rings. The molecule has 1 aliphatic carbocycles. The van der Waals surface area contributed by atoms with E-state index in [1.807, 2.05) is 17.5 Å². The second-order valence-electron chi connectivity index (χ2n) is 4.71. The molecule has 0 aromatic carbocycles. The molecule has 1 aliphatic rings. The average molecular weight is 269 g/mol. The maximum atomic E-state index is 11.3. The average Bonchev–Trinajstić information content (AvgIpc) is 2.96. The number of aliphatic carboxylic acids is 2. The Balaban J connectivity index is 2.04. The van der Waals surface area contributed by atoms with E-state index in [0.29, 0.717) is 12.8 Å². The number of carboxylic acid groups (broad SMARTS) is 2. The molecule has 18 heavy (non-hydrogen) atoms. The van der Waals surface area contributed by atoms with Gasteiger partial charge in [-0.1, -0.05) is 6.07 Å². The Hall–Kier alpha value is -1.40. The van der Waals surface area contributed by atoms with Gasteiger partial charge in [0.15, 0.2) is 0 Å². The van der Waals surface area contributed by atoms with Gasteiger partial charge in [0.2, 0.25) is 0 Å². The first-order chi connectivity index (χ1) is 8.45. The van der Waals surface area contributed by atoms with Crippen LogP contribution in [0.1, 0.15) is 17.7 Å². The van der Waals surface area contributed by atoms with Crippen molar-refractivity contribution >= 4 is 23.3 Å². The topological polar surface area (TPSA) is 101 Å². The molecule has 1 heterocycles. The molecule has 4 N–H and O–H groups in total. The molecule has 98 valence electrons. The molecule has 1 saturated carbocycles. The number of hydrogen-bond donors (Lipinski definition) is 3. The van der Waals surface area contributed by atoms with E-state index in [1.54, 1.807) is 11.3 Å². The van der Waals surface area contributed by atoms with Gasteiger partial charge in [-0.2, -0.15) is 0 Å². The van der Waals surface area contributed by atoms with Gasteiger partial charge in [0.05, 0.1) is 5.92 Å². The Morgan fingerprint density at radius 3 is 2.67 bits per heavy atom. The van der Waals surface area contributed by atoms with Gasteiger partial charge in [-0.3, -0.25) is 9.59 Å². The summed E-state index contributed by atoms with van der Waals surface area (Å²) in [7, 11) is 0. The highest BCUT2D eigenvalue weighted by Gasteiger charge is 2.57. The predicted molar refractivity (Wildman–Crippen MR) is 66.4 cm³/mol.